The fraction of sp³-hybridized carbons (Fsp3) is 0.714. The molecule has 2 atom stereocenters. The number of likely N-dealkylation sites (N-methyl/N-ethyl adjacent to an activating group) is 1. The van der Waals surface area contributed by atoms with Gasteiger partial charge >= 0.3 is 0 Å². The Labute approximate surface area is 100 Å². The molecule has 0 spiro atoms. The summed E-state index contributed by atoms with van der Waals surface area (Å²) in [5.41, 5.74) is 2.65. The molecule has 16 heavy (non-hydrogen) atoms. The van der Waals surface area contributed by atoms with Crippen molar-refractivity contribution in [2.45, 2.75) is 52.1 Å². The summed E-state index contributed by atoms with van der Waals surface area (Å²) in [6.07, 6.45) is 5.90. The van der Waals surface area contributed by atoms with E-state index < -0.39 is 0 Å². The van der Waals surface area contributed by atoms with Crippen LogP contribution in [-0.2, 0) is 0 Å². The first-order valence-electron chi connectivity index (χ1n) is 6.34. The van der Waals surface area contributed by atoms with Gasteiger partial charge in [0.25, 0.3) is 0 Å². The molecule has 0 aromatic carbocycles. The zero-order valence-electron chi connectivity index (χ0n) is 11.2. The van der Waals surface area contributed by atoms with Gasteiger partial charge in [-0.2, -0.15) is 0 Å². The SMILES string of the molecule is C=C(C)C1CCC(CN(C)/C(C)=C/CC)N1. The number of hydrogen-bond donors (Lipinski definition) is 1. The van der Waals surface area contributed by atoms with E-state index in [4.69, 9.17) is 0 Å². The third-order valence-electron chi connectivity index (χ3n) is 3.43. The normalized spacial score (nSPS) is 25.9. The summed E-state index contributed by atoms with van der Waals surface area (Å²) < 4.78 is 0. The molecule has 2 heteroatoms. The average molecular weight is 222 g/mol. The van der Waals surface area contributed by atoms with Crippen LogP contribution in [0, 0.1) is 0 Å². The molecule has 2 nitrogen and oxygen atoms in total. The van der Waals surface area contributed by atoms with Crippen molar-refractivity contribution in [3.8, 4) is 0 Å². The van der Waals surface area contributed by atoms with Crippen molar-refractivity contribution in [1.82, 2.24) is 10.2 Å². The lowest BCUT2D eigenvalue weighted by molar-refractivity contribution is 0.360. The van der Waals surface area contributed by atoms with Crippen LogP contribution in [-0.4, -0.2) is 30.6 Å². The Hall–Kier alpha value is -0.760. The van der Waals surface area contributed by atoms with Crippen LogP contribution in [0.15, 0.2) is 23.9 Å². The topological polar surface area (TPSA) is 15.3 Å². The van der Waals surface area contributed by atoms with Gasteiger partial charge in [0, 0.05) is 31.4 Å². The molecule has 92 valence electrons. The van der Waals surface area contributed by atoms with Gasteiger partial charge in [0.05, 0.1) is 0 Å². The lowest BCUT2D eigenvalue weighted by Gasteiger charge is -2.24. The molecule has 0 aromatic rings. The van der Waals surface area contributed by atoms with Gasteiger partial charge in [-0.25, -0.2) is 0 Å². The molecule has 1 heterocycles. The van der Waals surface area contributed by atoms with E-state index in [0.717, 1.165) is 13.0 Å². The van der Waals surface area contributed by atoms with Crippen molar-refractivity contribution < 1.29 is 0 Å². The minimum Gasteiger partial charge on any atom is -0.377 e. The summed E-state index contributed by atoms with van der Waals surface area (Å²) in [5.74, 6) is 0. The quantitative estimate of drug-likeness (QED) is 0.720. The minimum atomic E-state index is 0.536. The first-order chi connectivity index (χ1) is 7.54. The number of rotatable bonds is 5. The first kappa shape index (κ1) is 13.3. The summed E-state index contributed by atoms with van der Waals surface area (Å²) in [4.78, 5) is 2.35. The molecule has 2 unspecified atom stereocenters. The number of nitrogens with zero attached hydrogens (tertiary/aromatic N) is 1. The minimum absolute atomic E-state index is 0.536. The summed E-state index contributed by atoms with van der Waals surface area (Å²) >= 11 is 0. The van der Waals surface area contributed by atoms with Crippen molar-refractivity contribution in [2.75, 3.05) is 13.6 Å². The molecule has 0 radical (unpaired) electrons. The summed E-state index contributed by atoms with van der Waals surface area (Å²) in [7, 11) is 2.18. The molecule has 1 aliphatic heterocycles. The second kappa shape index (κ2) is 6.09. The van der Waals surface area contributed by atoms with E-state index in [1.807, 2.05) is 0 Å². The molecule has 0 aliphatic carbocycles. The van der Waals surface area contributed by atoms with Crippen LogP contribution >= 0.6 is 0 Å². The van der Waals surface area contributed by atoms with Gasteiger partial charge in [0.2, 0.25) is 0 Å². The predicted molar refractivity (Wildman–Crippen MR) is 71.4 cm³/mol. The Morgan fingerprint density at radius 3 is 2.62 bits per heavy atom. The standard InChI is InChI=1S/C14H26N2/c1-6-7-12(4)16(5)10-13-8-9-14(15-13)11(2)3/h7,13-15H,2,6,8-10H2,1,3-5H3/b12-7+. The van der Waals surface area contributed by atoms with Crippen molar-refractivity contribution >= 4 is 0 Å². The predicted octanol–water partition coefficient (Wildman–Crippen LogP) is 2.93. The van der Waals surface area contributed by atoms with Gasteiger partial charge < -0.3 is 10.2 Å². The lowest BCUT2D eigenvalue weighted by Crippen LogP contribution is -2.38. The summed E-state index contributed by atoms with van der Waals surface area (Å²) in [6, 6.07) is 1.15. The zero-order valence-corrected chi connectivity index (χ0v) is 11.2. The molecule has 1 aliphatic rings. The van der Waals surface area contributed by atoms with Gasteiger partial charge in [0.1, 0.15) is 0 Å². The molecular weight excluding hydrogens is 196 g/mol. The molecule has 0 bridgehead atoms. The molecule has 1 N–H and O–H groups in total. The van der Waals surface area contributed by atoms with Crippen molar-refractivity contribution in [3.63, 3.8) is 0 Å². The maximum Gasteiger partial charge on any atom is 0.0325 e. The van der Waals surface area contributed by atoms with E-state index in [9.17, 15) is 0 Å². The lowest BCUT2D eigenvalue weighted by atomic mass is 10.1. The van der Waals surface area contributed by atoms with Crippen LogP contribution < -0.4 is 5.32 Å². The molecule has 0 amide bonds. The summed E-state index contributed by atoms with van der Waals surface area (Å²) in [6.45, 7) is 11.6. The second-order valence-corrected chi connectivity index (χ2v) is 4.97. The second-order valence-electron chi connectivity index (χ2n) is 4.97. The van der Waals surface area contributed by atoms with E-state index in [1.54, 1.807) is 0 Å². The van der Waals surface area contributed by atoms with Crippen LogP contribution in [0.2, 0.25) is 0 Å². The van der Waals surface area contributed by atoms with Crippen LogP contribution in [0.1, 0.15) is 40.0 Å². The van der Waals surface area contributed by atoms with Gasteiger partial charge in [0.15, 0.2) is 0 Å². The van der Waals surface area contributed by atoms with Crippen LogP contribution in [0.5, 0.6) is 0 Å². The molecule has 1 fully saturated rings. The Bertz CT molecular complexity index is 268. The Morgan fingerprint density at radius 1 is 1.44 bits per heavy atom. The highest BCUT2D eigenvalue weighted by molar-refractivity contribution is 5.07. The smallest absolute Gasteiger partial charge is 0.0325 e. The van der Waals surface area contributed by atoms with Gasteiger partial charge in [-0.15, -0.1) is 0 Å². The molecule has 1 saturated heterocycles. The van der Waals surface area contributed by atoms with Gasteiger partial charge in [-0.3, -0.25) is 0 Å². The van der Waals surface area contributed by atoms with Gasteiger partial charge in [-0.05, 0) is 33.1 Å². The van der Waals surface area contributed by atoms with E-state index >= 15 is 0 Å². The van der Waals surface area contributed by atoms with E-state index in [-0.39, 0.29) is 0 Å². The fourth-order valence-corrected chi connectivity index (χ4v) is 2.28. The molecule has 1 rings (SSSR count). The maximum absolute atomic E-state index is 4.03. The molecular formula is C14H26N2. The Morgan fingerprint density at radius 2 is 2.12 bits per heavy atom. The monoisotopic (exact) mass is 222 g/mol. The van der Waals surface area contributed by atoms with Gasteiger partial charge in [-0.1, -0.05) is 25.2 Å². The van der Waals surface area contributed by atoms with E-state index in [2.05, 4.69) is 50.7 Å². The van der Waals surface area contributed by atoms with E-state index in [0.29, 0.717) is 12.1 Å². The average Bonchev–Trinajstić information content (AvgIpc) is 2.66. The van der Waals surface area contributed by atoms with E-state index in [1.165, 1.54) is 24.1 Å². The fourth-order valence-electron chi connectivity index (χ4n) is 2.28. The van der Waals surface area contributed by atoms with Crippen LogP contribution in [0.4, 0.5) is 0 Å². The van der Waals surface area contributed by atoms with Crippen molar-refractivity contribution in [1.29, 1.82) is 0 Å². The summed E-state index contributed by atoms with van der Waals surface area (Å²) in [5, 5.41) is 3.65. The first-order valence-corrected chi connectivity index (χ1v) is 6.34. The Balaban J connectivity index is 2.39. The highest BCUT2D eigenvalue weighted by Gasteiger charge is 2.24. The Kier molecular flexibility index (Phi) is 5.07. The molecule has 0 saturated carbocycles. The third-order valence-corrected chi connectivity index (χ3v) is 3.43. The molecule has 0 aromatic heterocycles. The van der Waals surface area contributed by atoms with Crippen LogP contribution in [0.25, 0.3) is 0 Å². The van der Waals surface area contributed by atoms with Crippen molar-refractivity contribution in [3.05, 3.63) is 23.9 Å². The number of allylic oxidation sites excluding steroid dienone is 2. The third kappa shape index (κ3) is 3.67. The van der Waals surface area contributed by atoms with Crippen molar-refractivity contribution in [2.24, 2.45) is 0 Å². The maximum atomic E-state index is 4.03. The highest BCUT2D eigenvalue weighted by atomic mass is 15.1. The number of nitrogens with one attached hydrogen (secondary N) is 1. The zero-order chi connectivity index (χ0) is 12.1. The van der Waals surface area contributed by atoms with Crippen LogP contribution in [0.3, 0.4) is 0 Å². The number of hydrogen-bond acceptors (Lipinski definition) is 2. The highest BCUT2D eigenvalue weighted by Crippen LogP contribution is 2.18. The largest absolute Gasteiger partial charge is 0.377 e.